The van der Waals surface area contributed by atoms with Crippen LogP contribution < -0.4 is 0 Å². The molecule has 452 valence electrons. The number of esters is 1. The van der Waals surface area contributed by atoms with Gasteiger partial charge < -0.3 is 24.4 Å². The van der Waals surface area contributed by atoms with Gasteiger partial charge in [0.15, 0.2) is 5.76 Å². The minimum Gasteiger partial charge on any atom is -0.499 e. The molecule has 1 aliphatic rings. The van der Waals surface area contributed by atoms with Crippen molar-refractivity contribution in [3.63, 3.8) is 0 Å². The van der Waals surface area contributed by atoms with Crippen molar-refractivity contribution in [1.29, 1.82) is 0 Å². The average molecular weight is 1070 g/mol. The highest BCUT2D eigenvalue weighted by atomic mass is 16.6. The number of carbonyl (C=O) groups excluding carboxylic acids is 1. The first kappa shape index (κ1) is 72.7. The molecule has 6 nitrogen and oxygen atoms in total. The third kappa shape index (κ3) is 38.4. The van der Waals surface area contributed by atoms with Gasteiger partial charge in [-0.15, -0.1) is 0 Å². The molecule has 1 aliphatic heterocycles. The number of ether oxygens (including phenoxy) is 3. The fourth-order valence-electron chi connectivity index (χ4n) is 12.3. The molecular formula is C70H136O6. The van der Waals surface area contributed by atoms with Gasteiger partial charge in [-0.1, -0.05) is 368 Å². The minimum absolute atomic E-state index is 0.238. The molecule has 0 radical (unpaired) electrons. The molecule has 0 aliphatic carbocycles. The minimum atomic E-state index is -1.34. The molecule has 0 bridgehead atoms. The molecular weight excluding hydrogens is 937 g/mol. The van der Waals surface area contributed by atoms with Crippen molar-refractivity contribution in [3.05, 3.63) is 11.5 Å². The molecule has 0 spiro atoms. The smallest absolute Gasteiger partial charge is 0.378 e. The van der Waals surface area contributed by atoms with Crippen LogP contribution in [0.25, 0.3) is 0 Å². The van der Waals surface area contributed by atoms with E-state index in [0.29, 0.717) is 26.1 Å². The van der Waals surface area contributed by atoms with Gasteiger partial charge in [-0.05, 0) is 32.1 Å². The second-order valence-corrected chi connectivity index (χ2v) is 24.6. The maximum Gasteiger partial charge on any atom is 0.378 e. The predicted molar refractivity (Wildman–Crippen MR) is 331 cm³/mol. The van der Waals surface area contributed by atoms with Crippen molar-refractivity contribution < 1.29 is 29.2 Å². The molecule has 0 saturated carbocycles. The lowest BCUT2D eigenvalue weighted by atomic mass is 9.74. The van der Waals surface area contributed by atoms with Crippen LogP contribution in [0.15, 0.2) is 11.5 Å². The monoisotopic (exact) mass is 1070 g/mol. The maximum absolute atomic E-state index is 13.7. The van der Waals surface area contributed by atoms with Gasteiger partial charge in [-0.2, -0.15) is 0 Å². The van der Waals surface area contributed by atoms with Gasteiger partial charge in [-0.3, -0.25) is 0 Å². The van der Waals surface area contributed by atoms with Crippen LogP contribution in [0.4, 0.5) is 0 Å². The molecule has 1 heterocycles. The summed E-state index contributed by atoms with van der Waals surface area (Å²) < 4.78 is 20.2. The van der Waals surface area contributed by atoms with Gasteiger partial charge in [-0.25, -0.2) is 4.79 Å². The van der Waals surface area contributed by atoms with Crippen LogP contribution in [0.1, 0.15) is 400 Å². The topological polar surface area (TPSA) is 85.2 Å². The molecule has 1 rings (SSSR count). The maximum atomic E-state index is 13.7. The van der Waals surface area contributed by atoms with E-state index >= 15 is 0 Å². The summed E-state index contributed by atoms with van der Waals surface area (Å²) in [5, 5.41) is 23.4. The Morgan fingerprint density at radius 3 is 0.895 bits per heavy atom. The van der Waals surface area contributed by atoms with Crippen LogP contribution in [0, 0.1) is 0 Å². The van der Waals surface area contributed by atoms with Crippen LogP contribution in [-0.4, -0.2) is 47.2 Å². The first-order valence-corrected chi connectivity index (χ1v) is 35.0. The Morgan fingerprint density at radius 1 is 0.355 bits per heavy atom. The van der Waals surface area contributed by atoms with Crippen molar-refractivity contribution in [1.82, 2.24) is 0 Å². The van der Waals surface area contributed by atoms with E-state index in [9.17, 15) is 15.0 Å². The second-order valence-electron chi connectivity index (χ2n) is 24.6. The predicted octanol–water partition coefficient (Wildman–Crippen LogP) is 23.5. The van der Waals surface area contributed by atoms with Crippen LogP contribution in [0.2, 0.25) is 0 Å². The SMILES string of the molecule is CCCCCCCCCCCCCCCCOC1=C(O)C(=O)O[C@]1(CCCCCCCCCCCCCCCC)[C@@](CO)(CCCCCCCCCCCCCCCC)OCCCCCCCCCCCCCCCC. The number of unbranched alkanes of at least 4 members (excludes halogenated alkanes) is 52. The van der Waals surface area contributed by atoms with Gasteiger partial charge in [0.25, 0.3) is 0 Å². The van der Waals surface area contributed by atoms with E-state index in [2.05, 4.69) is 27.7 Å². The standard InChI is InChI=1S/C70H136O6/c1-5-9-13-17-21-25-29-33-37-41-45-49-53-57-61-69(65-71,75-64-60-56-52-48-44-40-36-32-28-24-20-16-12-8-4)70(62-58-54-50-46-42-38-34-30-26-22-18-14-10-6-2)67(66(72)68(73)76-70)74-63-59-55-51-47-43-39-35-31-27-23-19-15-11-7-3/h71-72H,5-65H2,1-4H3/t69-,70-/m0/s1. The third-order valence-electron chi connectivity index (χ3n) is 17.5. The van der Waals surface area contributed by atoms with E-state index in [-0.39, 0.29) is 12.4 Å². The summed E-state index contributed by atoms with van der Waals surface area (Å²) in [6.45, 7) is 9.82. The highest BCUT2D eigenvalue weighted by molar-refractivity contribution is 5.90. The lowest BCUT2D eigenvalue weighted by molar-refractivity contribution is -0.218. The van der Waals surface area contributed by atoms with Crippen LogP contribution in [0.5, 0.6) is 0 Å². The molecule has 0 aromatic rings. The zero-order valence-electron chi connectivity index (χ0n) is 52.2. The van der Waals surface area contributed by atoms with Crippen molar-refractivity contribution >= 4 is 5.97 Å². The van der Waals surface area contributed by atoms with E-state index < -0.39 is 22.9 Å². The van der Waals surface area contributed by atoms with Crippen molar-refractivity contribution in [3.8, 4) is 0 Å². The van der Waals surface area contributed by atoms with Gasteiger partial charge in [0.1, 0.15) is 5.60 Å². The number of aliphatic hydroxyl groups is 2. The number of hydrogen-bond donors (Lipinski definition) is 2. The normalized spacial score (nSPS) is 15.6. The van der Waals surface area contributed by atoms with Crippen molar-refractivity contribution in [2.24, 2.45) is 0 Å². The lowest BCUT2D eigenvalue weighted by Gasteiger charge is -2.46. The number of hydrogen-bond acceptors (Lipinski definition) is 6. The van der Waals surface area contributed by atoms with Crippen molar-refractivity contribution in [2.75, 3.05) is 19.8 Å². The van der Waals surface area contributed by atoms with E-state index in [1.807, 2.05) is 0 Å². The highest BCUT2D eigenvalue weighted by Crippen LogP contribution is 2.49. The van der Waals surface area contributed by atoms with Gasteiger partial charge >= 0.3 is 5.97 Å². The van der Waals surface area contributed by atoms with Crippen molar-refractivity contribution in [2.45, 2.75) is 411 Å². The largest absolute Gasteiger partial charge is 0.499 e. The summed E-state index contributed by atoms with van der Waals surface area (Å²) in [5.41, 5.74) is -2.52. The fourth-order valence-corrected chi connectivity index (χ4v) is 12.3. The summed E-state index contributed by atoms with van der Waals surface area (Å²) in [4.78, 5) is 13.7. The zero-order chi connectivity index (χ0) is 55.0. The molecule has 76 heavy (non-hydrogen) atoms. The molecule has 0 amide bonds. The summed E-state index contributed by atoms with van der Waals surface area (Å²) in [7, 11) is 0. The molecule has 0 aromatic heterocycles. The lowest BCUT2D eigenvalue weighted by Crippen LogP contribution is -2.60. The summed E-state index contributed by atoms with van der Waals surface area (Å²) >= 11 is 0. The molecule has 0 saturated heterocycles. The number of rotatable bonds is 64. The Hall–Kier alpha value is -1.27. The zero-order valence-corrected chi connectivity index (χ0v) is 52.2. The second kappa shape index (κ2) is 55.6. The number of carbonyl (C=O) groups is 1. The molecule has 6 heteroatoms. The quantitative estimate of drug-likeness (QED) is 0.0466. The first-order chi connectivity index (χ1) is 37.5. The molecule has 0 unspecified atom stereocenters. The highest BCUT2D eigenvalue weighted by Gasteiger charge is 2.63. The summed E-state index contributed by atoms with van der Waals surface area (Å²) in [6.07, 6.45) is 72.8. The Morgan fingerprint density at radius 2 is 0.605 bits per heavy atom. The summed E-state index contributed by atoms with van der Waals surface area (Å²) in [6, 6.07) is 0. The van der Waals surface area contributed by atoms with Crippen LogP contribution in [0.3, 0.4) is 0 Å². The van der Waals surface area contributed by atoms with Gasteiger partial charge in [0.05, 0.1) is 13.2 Å². The fraction of sp³-hybridized carbons (Fsp3) is 0.957. The average Bonchev–Trinajstić information content (AvgIpc) is 3.70. The molecule has 2 N–H and O–H groups in total. The number of cyclic esters (lactones) is 1. The van der Waals surface area contributed by atoms with Crippen LogP contribution >= 0.6 is 0 Å². The van der Waals surface area contributed by atoms with Crippen LogP contribution in [-0.2, 0) is 19.0 Å². The molecule has 0 aromatic carbocycles. The van der Waals surface area contributed by atoms with Gasteiger partial charge in [0.2, 0.25) is 11.4 Å². The van der Waals surface area contributed by atoms with Gasteiger partial charge in [0, 0.05) is 6.61 Å². The third-order valence-corrected chi connectivity index (χ3v) is 17.5. The Balaban J connectivity index is 2.99. The Labute approximate surface area is 475 Å². The Kier molecular flexibility index (Phi) is 53.2. The van der Waals surface area contributed by atoms with E-state index in [1.165, 1.54) is 295 Å². The van der Waals surface area contributed by atoms with E-state index in [4.69, 9.17) is 14.2 Å². The first-order valence-electron chi connectivity index (χ1n) is 35.0. The van der Waals surface area contributed by atoms with E-state index in [0.717, 1.165) is 64.2 Å². The Bertz CT molecular complexity index is 1230. The van der Waals surface area contributed by atoms with E-state index in [1.54, 1.807) is 0 Å². The molecule has 2 atom stereocenters. The summed E-state index contributed by atoms with van der Waals surface area (Å²) in [5.74, 6) is -0.892. The molecule has 0 fully saturated rings. The number of aliphatic hydroxyl groups excluding tert-OH is 2.